The molecular formula is C22H23ClN2O3S. The lowest BCUT2D eigenvalue weighted by Gasteiger charge is -2.31. The van der Waals surface area contributed by atoms with Gasteiger partial charge >= 0.3 is 0 Å². The van der Waals surface area contributed by atoms with Crippen molar-refractivity contribution in [2.75, 3.05) is 19.7 Å². The number of amides is 1. The Hall–Kier alpha value is -2.31. The van der Waals surface area contributed by atoms with E-state index in [0.717, 1.165) is 34.4 Å². The van der Waals surface area contributed by atoms with E-state index in [2.05, 4.69) is 4.98 Å². The van der Waals surface area contributed by atoms with Crippen molar-refractivity contribution in [2.24, 2.45) is 0 Å². The number of hydrogen-bond donors (Lipinski definition) is 0. The number of rotatable bonds is 6. The number of piperidine rings is 1. The molecule has 2 heterocycles. The molecule has 0 N–H and O–H groups in total. The number of benzene rings is 2. The quantitative estimate of drug-likeness (QED) is 0.554. The van der Waals surface area contributed by atoms with Crippen molar-refractivity contribution >= 4 is 39.1 Å². The zero-order chi connectivity index (χ0) is 20.2. The maximum absolute atomic E-state index is 12.6. The summed E-state index contributed by atoms with van der Waals surface area (Å²) in [6, 6.07) is 13.5. The van der Waals surface area contributed by atoms with Gasteiger partial charge in [-0.25, -0.2) is 4.98 Å². The Kier molecular flexibility index (Phi) is 6.21. The summed E-state index contributed by atoms with van der Waals surface area (Å²) in [6.45, 7) is 3.99. The van der Waals surface area contributed by atoms with Gasteiger partial charge in [-0.3, -0.25) is 4.79 Å². The molecule has 0 atom stereocenters. The summed E-state index contributed by atoms with van der Waals surface area (Å²) in [7, 11) is 0. The van der Waals surface area contributed by atoms with Gasteiger partial charge < -0.3 is 14.4 Å². The van der Waals surface area contributed by atoms with Crippen LogP contribution in [0.5, 0.6) is 10.9 Å². The molecule has 0 radical (unpaired) electrons. The van der Waals surface area contributed by atoms with Gasteiger partial charge in [0.2, 0.25) is 5.91 Å². The summed E-state index contributed by atoms with van der Waals surface area (Å²) in [5.41, 5.74) is 1.79. The summed E-state index contributed by atoms with van der Waals surface area (Å²) in [6.07, 6.45) is 2.09. The molecule has 3 aromatic rings. The molecule has 0 bridgehead atoms. The van der Waals surface area contributed by atoms with E-state index in [1.807, 2.05) is 54.3 Å². The average Bonchev–Trinajstić information content (AvgIpc) is 3.14. The zero-order valence-corrected chi connectivity index (χ0v) is 17.8. The van der Waals surface area contributed by atoms with Gasteiger partial charge in [0.15, 0.2) is 0 Å². The molecule has 1 aliphatic rings. The third kappa shape index (κ3) is 4.82. The molecule has 0 spiro atoms. The second-order valence-corrected chi connectivity index (χ2v) is 8.42. The van der Waals surface area contributed by atoms with Crippen LogP contribution in [0.15, 0.2) is 42.5 Å². The monoisotopic (exact) mass is 430 g/mol. The molecule has 1 amide bonds. The first kappa shape index (κ1) is 20.0. The maximum Gasteiger partial charge on any atom is 0.274 e. The number of carbonyl (C=O) groups is 1. The van der Waals surface area contributed by atoms with Crippen molar-refractivity contribution in [3.63, 3.8) is 0 Å². The lowest BCUT2D eigenvalue weighted by molar-refractivity contribution is -0.132. The molecule has 7 heteroatoms. The van der Waals surface area contributed by atoms with Gasteiger partial charge in [0.05, 0.1) is 22.8 Å². The van der Waals surface area contributed by atoms with E-state index in [-0.39, 0.29) is 12.0 Å². The fourth-order valence-electron chi connectivity index (χ4n) is 3.47. The summed E-state index contributed by atoms with van der Waals surface area (Å²) >= 11 is 7.71. The van der Waals surface area contributed by atoms with Gasteiger partial charge in [-0.05, 0) is 36.8 Å². The Bertz CT molecular complexity index is 981. The lowest BCUT2D eigenvalue weighted by atomic mass is 10.1. The first-order chi connectivity index (χ1) is 14.1. The fraction of sp³-hybridized carbons (Fsp3) is 0.364. The number of para-hydroxylation sites is 1. The number of ether oxygens (including phenoxy) is 2. The van der Waals surface area contributed by atoms with Crippen LogP contribution >= 0.6 is 22.9 Å². The van der Waals surface area contributed by atoms with Crippen molar-refractivity contribution in [1.82, 2.24) is 9.88 Å². The molecular weight excluding hydrogens is 408 g/mol. The van der Waals surface area contributed by atoms with E-state index in [1.54, 1.807) is 0 Å². The standard InChI is InChI=1S/C22H23ClN2O3S/c1-2-27-16-8-6-15(7-9-16)14-20(26)25-12-10-17(11-13-25)28-22-24-21-18(23)4-3-5-19(21)29-22/h3-9,17H,2,10-14H2,1H3. The molecule has 0 unspecified atom stereocenters. The van der Waals surface area contributed by atoms with Crippen LogP contribution in [0.4, 0.5) is 0 Å². The van der Waals surface area contributed by atoms with Gasteiger partial charge in [-0.15, -0.1) is 0 Å². The maximum atomic E-state index is 12.6. The molecule has 2 aromatic carbocycles. The van der Waals surface area contributed by atoms with Crippen LogP contribution in [0.1, 0.15) is 25.3 Å². The van der Waals surface area contributed by atoms with Gasteiger partial charge in [-0.2, -0.15) is 0 Å². The van der Waals surface area contributed by atoms with Crippen molar-refractivity contribution in [1.29, 1.82) is 0 Å². The minimum atomic E-state index is 0.0730. The number of halogens is 1. The van der Waals surface area contributed by atoms with Gasteiger partial charge in [0.25, 0.3) is 5.19 Å². The minimum absolute atomic E-state index is 0.0730. The number of likely N-dealkylation sites (tertiary alicyclic amines) is 1. The van der Waals surface area contributed by atoms with E-state index >= 15 is 0 Å². The van der Waals surface area contributed by atoms with Crippen LogP contribution in [-0.2, 0) is 11.2 Å². The SMILES string of the molecule is CCOc1ccc(CC(=O)N2CCC(Oc3nc4c(Cl)cccc4s3)CC2)cc1. The minimum Gasteiger partial charge on any atom is -0.494 e. The highest BCUT2D eigenvalue weighted by Gasteiger charge is 2.25. The van der Waals surface area contributed by atoms with Gasteiger partial charge in [0, 0.05) is 25.9 Å². The van der Waals surface area contributed by atoms with Crippen LogP contribution in [0.25, 0.3) is 10.2 Å². The van der Waals surface area contributed by atoms with E-state index in [9.17, 15) is 4.79 Å². The Labute approximate surface area is 179 Å². The van der Waals surface area contributed by atoms with Crippen LogP contribution in [0, 0.1) is 0 Å². The molecule has 29 heavy (non-hydrogen) atoms. The Balaban J connectivity index is 1.29. The Morgan fingerprint density at radius 1 is 1.21 bits per heavy atom. The van der Waals surface area contributed by atoms with Crippen molar-refractivity contribution in [2.45, 2.75) is 32.3 Å². The number of hydrogen-bond acceptors (Lipinski definition) is 5. The largest absolute Gasteiger partial charge is 0.494 e. The topological polar surface area (TPSA) is 51.7 Å². The summed E-state index contributed by atoms with van der Waals surface area (Å²) in [5, 5.41) is 1.29. The first-order valence-corrected chi connectivity index (χ1v) is 11.0. The lowest BCUT2D eigenvalue weighted by Crippen LogP contribution is -2.42. The van der Waals surface area contributed by atoms with Crippen LogP contribution in [0.3, 0.4) is 0 Å². The fourth-order valence-corrected chi connectivity index (χ4v) is 4.65. The number of aromatic nitrogens is 1. The van der Waals surface area contributed by atoms with E-state index < -0.39 is 0 Å². The third-order valence-corrected chi connectivity index (χ3v) is 6.22. The average molecular weight is 431 g/mol. The van der Waals surface area contributed by atoms with E-state index in [1.165, 1.54) is 11.3 Å². The van der Waals surface area contributed by atoms with Crippen molar-refractivity contribution < 1.29 is 14.3 Å². The second kappa shape index (κ2) is 9.01. The molecule has 1 fully saturated rings. The van der Waals surface area contributed by atoms with Gasteiger partial charge in [0.1, 0.15) is 17.4 Å². The molecule has 1 aliphatic heterocycles. The Morgan fingerprint density at radius 3 is 2.66 bits per heavy atom. The second-order valence-electron chi connectivity index (χ2n) is 7.02. The molecule has 1 saturated heterocycles. The molecule has 1 aromatic heterocycles. The predicted molar refractivity (Wildman–Crippen MR) is 116 cm³/mol. The number of nitrogens with zero attached hydrogens (tertiary/aromatic N) is 2. The van der Waals surface area contributed by atoms with E-state index in [4.69, 9.17) is 21.1 Å². The van der Waals surface area contributed by atoms with Crippen LogP contribution < -0.4 is 9.47 Å². The highest BCUT2D eigenvalue weighted by Crippen LogP contribution is 2.33. The molecule has 0 aliphatic carbocycles. The van der Waals surface area contributed by atoms with Gasteiger partial charge in [-0.1, -0.05) is 41.1 Å². The first-order valence-electron chi connectivity index (χ1n) is 9.83. The third-order valence-electron chi connectivity index (χ3n) is 5.00. The smallest absolute Gasteiger partial charge is 0.274 e. The Morgan fingerprint density at radius 2 is 1.97 bits per heavy atom. The van der Waals surface area contributed by atoms with Crippen LogP contribution in [0.2, 0.25) is 5.02 Å². The number of fused-ring (bicyclic) bond motifs is 1. The summed E-state index contributed by atoms with van der Waals surface area (Å²) < 4.78 is 12.5. The highest BCUT2D eigenvalue weighted by atomic mass is 35.5. The summed E-state index contributed by atoms with van der Waals surface area (Å²) in [4.78, 5) is 19.1. The molecule has 152 valence electrons. The van der Waals surface area contributed by atoms with E-state index in [0.29, 0.717) is 36.3 Å². The number of thiazole rings is 1. The van der Waals surface area contributed by atoms with Crippen LogP contribution in [-0.4, -0.2) is 41.6 Å². The number of carbonyl (C=O) groups excluding carboxylic acids is 1. The summed E-state index contributed by atoms with van der Waals surface area (Å²) in [5.74, 6) is 0.983. The zero-order valence-electron chi connectivity index (χ0n) is 16.3. The molecule has 4 rings (SSSR count). The van der Waals surface area contributed by atoms with Crippen molar-refractivity contribution in [3.8, 4) is 10.9 Å². The highest BCUT2D eigenvalue weighted by molar-refractivity contribution is 7.20. The van der Waals surface area contributed by atoms with Crippen molar-refractivity contribution in [3.05, 3.63) is 53.1 Å². The predicted octanol–water partition coefficient (Wildman–Crippen LogP) is 4.96. The molecule has 5 nitrogen and oxygen atoms in total. The molecule has 0 saturated carbocycles. The normalized spacial score (nSPS) is 14.9.